The smallest absolute Gasteiger partial charge is 0.264 e. The number of carbonyl (C=O) groups excluding carboxylic acids is 1. The van der Waals surface area contributed by atoms with Gasteiger partial charge in [-0.25, -0.2) is 8.42 Å². The van der Waals surface area contributed by atoms with Crippen LogP contribution in [0.5, 0.6) is 5.75 Å². The second-order valence-corrected chi connectivity index (χ2v) is 9.26. The molecule has 7 heteroatoms. The Bertz CT molecular complexity index is 1190. The summed E-state index contributed by atoms with van der Waals surface area (Å²) in [5.41, 5.74) is 3.15. The summed E-state index contributed by atoms with van der Waals surface area (Å²) in [6.45, 7) is 3.02. The highest BCUT2D eigenvalue weighted by atomic mass is 32.2. The first-order valence-electron chi connectivity index (χ1n) is 10.1. The lowest BCUT2D eigenvalue weighted by Crippen LogP contribution is -2.30. The van der Waals surface area contributed by atoms with Crippen molar-refractivity contribution in [1.29, 1.82) is 0 Å². The Kier molecular flexibility index (Phi) is 5.95. The van der Waals surface area contributed by atoms with Gasteiger partial charge in [0.2, 0.25) is 0 Å². The summed E-state index contributed by atoms with van der Waals surface area (Å²) in [6, 6.07) is 21.3. The molecule has 0 radical (unpaired) electrons. The van der Waals surface area contributed by atoms with E-state index >= 15 is 0 Å². The fourth-order valence-corrected chi connectivity index (χ4v) is 5.10. The Labute approximate surface area is 182 Å². The van der Waals surface area contributed by atoms with Crippen molar-refractivity contribution in [3.63, 3.8) is 0 Å². The lowest BCUT2D eigenvalue weighted by Gasteiger charge is -2.20. The topological polar surface area (TPSA) is 75.7 Å². The van der Waals surface area contributed by atoms with E-state index in [9.17, 15) is 13.2 Å². The van der Waals surface area contributed by atoms with Crippen LogP contribution in [0.3, 0.4) is 0 Å². The van der Waals surface area contributed by atoms with Gasteiger partial charge in [0.15, 0.2) is 0 Å². The summed E-state index contributed by atoms with van der Waals surface area (Å²) < 4.78 is 33.4. The molecule has 0 unspecified atom stereocenters. The number of sulfonamides is 1. The fourth-order valence-electron chi connectivity index (χ4n) is 3.55. The second-order valence-electron chi connectivity index (χ2n) is 7.40. The van der Waals surface area contributed by atoms with Crippen molar-refractivity contribution in [2.45, 2.75) is 18.2 Å². The highest BCUT2D eigenvalue weighted by molar-refractivity contribution is 7.92. The average Bonchev–Trinajstić information content (AvgIpc) is 3.23. The molecule has 1 aliphatic rings. The third kappa shape index (κ3) is 4.56. The van der Waals surface area contributed by atoms with Crippen LogP contribution in [0.25, 0.3) is 0 Å². The molecule has 0 saturated carbocycles. The minimum Gasteiger partial charge on any atom is -0.492 e. The molecule has 0 saturated heterocycles. The van der Waals surface area contributed by atoms with E-state index in [1.807, 2.05) is 55.5 Å². The molecular weight excluding hydrogens is 412 g/mol. The molecule has 1 amide bonds. The highest BCUT2D eigenvalue weighted by Crippen LogP contribution is 2.32. The molecule has 1 heterocycles. The summed E-state index contributed by atoms with van der Waals surface area (Å²) >= 11 is 0. The third-order valence-electron chi connectivity index (χ3n) is 5.21. The van der Waals surface area contributed by atoms with Gasteiger partial charge in [-0.15, -0.1) is 0 Å². The average molecular weight is 437 g/mol. The zero-order valence-electron chi connectivity index (χ0n) is 17.2. The van der Waals surface area contributed by atoms with E-state index in [0.717, 1.165) is 16.9 Å². The number of nitrogens with one attached hydrogen (secondary N) is 1. The van der Waals surface area contributed by atoms with Gasteiger partial charge >= 0.3 is 0 Å². The molecule has 0 aliphatic carbocycles. The van der Waals surface area contributed by atoms with Crippen LogP contribution in [-0.2, 0) is 16.4 Å². The molecule has 6 nitrogen and oxygen atoms in total. The first-order valence-corrected chi connectivity index (χ1v) is 11.6. The normalized spacial score (nSPS) is 13.0. The number of nitrogens with zero attached hydrogens (tertiary/aromatic N) is 1. The maximum atomic E-state index is 13.2. The minimum atomic E-state index is -3.74. The monoisotopic (exact) mass is 436 g/mol. The number of para-hydroxylation sites is 1. The van der Waals surface area contributed by atoms with E-state index in [2.05, 4.69) is 5.32 Å². The zero-order chi connectivity index (χ0) is 21.8. The van der Waals surface area contributed by atoms with Crippen LogP contribution in [0, 0.1) is 6.92 Å². The van der Waals surface area contributed by atoms with Crippen molar-refractivity contribution in [1.82, 2.24) is 5.32 Å². The van der Waals surface area contributed by atoms with E-state index in [0.29, 0.717) is 37.4 Å². The summed E-state index contributed by atoms with van der Waals surface area (Å²) in [5, 5.41) is 2.77. The van der Waals surface area contributed by atoms with Crippen LogP contribution in [0.4, 0.5) is 5.69 Å². The fraction of sp³-hybridized carbons (Fsp3) is 0.208. The van der Waals surface area contributed by atoms with Crippen LogP contribution >= 0.6 is 0 Å². The number of carbonyl (C=O) groups is 1. The van der Waals surface area contributed by atoms with Gasteiger partial charge in [-0.2, -0.15) is 0 Å². The molecule has 3 aromatic rings. The number of rotatable bonds is 7. The quantitative estimate of drug-likeness (QED) is 0.575. The number of hydrogen-bond donors (Lipinski definition) is 1. The molecule has 1 N–H and O–H groups in total. The molecule has 1 aliphatic heterocycles. The Morgan fingerprint density at radius 2 is 1.81 bits per heavy atom. The van der Waals surface area contributed by atoms with Crippen molar-refractivity contribution < 1.29 is 17.9 Å². The number of anilines is 1. The van der Waals surface area contributed by atoms with E-state index in [-0.39, 0.29) is 10.8 Å². The SMILES string of the molecule is Cc1ccc(OCCNC(=O)c2cccc(S(=O)(=O)N3CCc4ccccc43)c2)cc1. The Morgan fingerprint density at radius 3 is 2.61 bits per heavy atom. The van der Waals surface area contributed by atoms with Gasteiger partial charge in [-0.05, 0) is 55.3 Å². The number of fused-ring (bicyclic) bond motifs is 1. The first-order chi connectivity index (χ1) is 14.9. The maximum Gasteiger partial charge on any atom is 0.264 e. The van der Waals surface area contributed by atoms with Crippen molar-refractivity contribution >= 4 is 21.6 Å². The van der Waals surface area contributed by atoms with Gasteiger partial charge in [-0.1, -0.05) is 42.0 Å². The molecule has 3 aromatic carbocycles. The molecule has 0 aromatic heterocycles. The van der Waals surface area contributed by atoms with Gasteiger partial charge in [0.1, 0.15) is 12.4 Å². The standard InChI is InChI=1S/C24H24N2O4S/c1-18-9-11-21(12-10-18)30-16-14-25-24(27)20-6-4-7-22(17-20)31(28,29)26-15-13-19-5-2-3-8-23(19)26/h2-12,17H,13-16H2,1H3,(H,25,27). The summed E-state index contributed by atoms with van der Waals surface area (Å²) in [7, 11) is -3.74. The van der Waals surface area contributed by atoms with E-state index in [4.69, 9.17) is 4.74 Å². The lowest BCUT2D eigenvalue weighted by molar-refractivity contribution is 0.0947. The molecular formula is C24H24N2O4S. The van der Waals surface area contributed by atoms with Gasteiger partial charge in [0.05, 0.1) is 17.1 Å². The highest BCUT2D eigenvalue weighted by Gasteiger charge is 2.30. The van der Waals surface area contributed by atoms with Crippen molar-refractivity contribution in [2.75, 3.05) is 24.0 Å². The molecule has 160 valence electrons. The van der Waals surface area contributed by atoms with Crippen LogP contribution in [0.2, 0.25) is 0 Å². The summed E-state index contributed by atoms with van der Waals surface area (Å²) in [4.78, 5) is 12.6. The molecule has 0 bridgehead atoms. The van der Waals surface area contributed by atoms with E-state index in [1.54, 1.807) is 12.1 Å². The lowest BCUT2D eigenvalue weighted by atomic mass is 10.2. The van der Waals surface area contributed by atoms with Crippen molar-refractivity contribution in [3.8, 4) is 5.75 Å². The minimum absolute atomic E-state index is 0.104. The van der Waals surface area contributed by atoms with Crippen molar-refractivity contribution in [3.05, 3.63) is 89.5 Å². The van der Waals surface area contributed by atoms with Crippen LogP contribution in [-0.4, -0.2) is 34.0 Å². The Morgan fingerprint density at radius 1 is 1.03 bits per heavy atom. The number of amides is 1. The Balaban J connectivity index is 1.40. The number of hydrogen-bond acceptors (Lipinski definition) is 4. The van der Waals surface area contributed by atoms with Gasteiger partial charge in [0, 0.05) is 12.1 Å². The van der Waals surface area contributed by atoms with Crippen LogP contribution < -0.4 is 14.4 Å². The molecule has 4 rings (SSSR count). The molecule has 0 atom stereocenters. The maximum absolute atomic E-state index is 13.2. The van der Waals surface area contributed by atoms with E-state index < -0.39 is 10.0 Å². The predicted octanol–water partition coefficient (Wildman–Crippen LogP) is 3.56. The van der Waals surface area contributed by atoms with E-state index in [1.165, 1.54) is 16.4 Å². The molecule has 0 fully saturated rings. The number of benzene rings is 3. The zero-order valence-corrected chi connectivity index (χ0v) is 18.1. The van der Waals surface area contributed by atoms with Gasteiger partial charge in [-0.3, -0.25) is 9.10 Å². The van der Waals surface area contributed by atoms with Gasteiger partial charge < -0.3 is 10.1 Å². The molecule has 0 spiro atoms. The summed E-state index contributed by atoms with van der Waals surface area (Å²) in [5.74, 6) is 0.394. The Hall–Kier alpha value is -3.32. The molecule has 31 heavy (non-hydrogen) atoms. The largest absolute Gasteiger partial charge is 0.492 e. The van der Waals surface area contributed by atoms with Crippen LogP contribution in [0.15, 0.2) is 77.7 Å². The number of aryl methyl sites for hydroxylation is 1. The third-order valence-corrected chi connectivity index (χ3v) is 7.02. The second kappa shape index (κ2) is 8.81. The summed E-state index contributed by atoms with van der Waals surface area (Å²) in [6.07, 6.45) is 0.677. The predicted molar refractivity (Wildman–Crippen MR) is 120 cm³/mol. The number of ether oxygens (including phenoxy) is 1. The van der Waals surface area contributed by atoms with Gasteiger partial charge in [0.25, 0.3) is 15.9 Å². The first kappa shape index (κ1) is 20.9. The van der Waals surface area contributed by atoms with Crippen LogP contribution in [0.1, 0.15) is 21.5 Å². The van der Waals surface area contributed by atoms with Crippen molar-refractivity contribution in [2.24, 2.45) is 0 Å².